The lowest BCUT2D eigenvalue weighted by atomic mass is 9.93. The van der Waals surface area contributed by atoms with E-state index in [4.69, 9.17) is 4.42 Å². The summed E-state index contributed by atoms with van der Waals surface area (Å²) in [5.74, 6) is 3.23. The number of imidazole rings is 1. The van der Waals surface area contributed by atoms with Gasteiger partial charge in [-0.25, -0.2) is 4.98 Å². The van der Waals surface area contributed by atoms with Crippen molar-refractivity contribution in [2.75, 3.05) is 13.1 Å². The maximum atomic E-state index is 12.7. The van der Waals surface area contributed by atoms with Crippen molar-refractivity contribution < 1.29 is 9.21 Å². The summed E-state index contributed by atoms with van der Waals surface area (Å²) in [5.41, 5.74) is 1.18. The number of piperidine rings is 1. The van der Waals surface area contributed by atoms with E-state index >= 15 is 0 Å². The van der Waals surface area contributed by atoms with E-state index in [1.54, 1.807) is 6.07 Å². The summed E-state index contributed by atoms with van der Waals surface area (Å²) in [6.45, 7) is 6.49. The van der Waals surface area contributed by atoms with Crippen LogP contribution in [-0.2, 0) is 6.54 Å². The zero-order chi connectivity index (χ0) is 18.8. The highest BCUT2D eigenvalue weighted by molar-refractivity contribution is 5.93. The molecule has 0 aliphatic carbocycles. The highest BCUT2D eigenvalue weighted by Gasteiger charge is 2.25. The third-order valence-corrected chi connectivity index (χ3v) is 5.41. The van der Waals surface area contributed by atoms with E-state index in [9.17, 15) is 4.79 Å². The van der Waals surface area contributed by atoms with Crippen molar-refractivity contribution in [1.29, 1.82) is 0 Å². The molecule has 0 radical (unpaired) electrons. The minimum atomic E-state index is -0.00955. The number of hydrogen-bond donors (Lipinski definition) is 1. The topological polar surface area (TPSA) is 80.0 Å². The van der Waals surface area contributed by atoms with Crippen molar-refractivity contribution in [2.24, 2.45) is 5.92 Å². The van der Waals surface area contributed by atoms with Gasteiger partial charge in [-0.05, 0) is 51.2 Å². The second-order valence-corrected chi connectivity index (χ2v) is 7.27. The largest absolute Gasteiger partial charge is 0.460 e. The summed E-state index contributed by atoms with van der Waals surface area (Å²) < 4.78 is 7.78. The molecule has 7 nitrogen and oxygen atoms in total. The summed E-state index contributed by atoms with van der Waals surface area (Å²) in [6.07, 6.45) is 7.08. The Kier molecular flexibility index (Phi) is 4.83. The van der Waals surface area contributed by atoms with Gasteiger partial charge in [0.25, 0.3) is 5.91 Å². The number of aryl methyl sites for hydroxylation is 3. The van der Waals surface area contributed by atoms with Crippen molar-refractivity contribution in [1.82, 2.24) is 24.6 Å². The first-order valence-corrected chi connectivity index (χ1v) is 9.49. The molecule has 1 fully saturated rings. The number of hydrogen-bond acceptors (Lipinski definition) is 4. The number of aromatic nitrogens is 4. The van der Waals surface area contributed by atoms with Gasteiger partial charge in [0.15, 0.2) is 11.5 Å². The van der Waals surface area contributed by atoms with Gasteiger partial charge in [0, 0.05) is 38.1 Å². The summed E-state index contributed by atoms with van der Waals surface area (Å²) in [7, 11) is 0. The highest BCUT2D eigenvalue weighted by Crippen LogP contribution is 2.24. The van der Waals surface area contributed by atoms with E-state index in [0.717, 1.165) is 56.2 Å². The SMILES string of the molecule is Cc1ccc(-c2cc(C(=O)N3CCC(CCn4ccnc4C)CC3)n[nH]2)o1. The molecule has 1 aliphatic heterocycles. The number of aromatic amines is 1. The van der Waals surface area contributed by atoms with Crippen LogP contribution in [0.5, 0.6) is 0 Å². The Morgan fingerprint density at radius 1 is 1.30 bits per heavy atom. The smallest absolute Gasteiger partial charge is 0.274 e. The normalized spacial score (nSPS) is 15.4. The van der Waals surface area contributed by atoms with Crippen molar-refractivity contribution in [2.45, 2.75) is 39.7 Å². The molecule has 0 spiro atoms. The lowest BCUT2D eigenvalue weighted by molar-refractivity contribution is 0.0679. The minimum Gasteiger partial charge on any atom is -0.460 e. The van der Waals surface area contributed by atoms with Crippen LogP contribution in [0.3, 0.4) is 0 Å². The zero-order valence-corrected chi connectivity index (χ0v) is 15.8. The molecular weight excluding hydrogens is 342 g/mol. The van der Waals surface area contributed by atoms with Gasteiger partial charge in [-0.1, -0.05) is 0 Å². The molecule has 1 saturated heterocycles. The molecule has 4 rings (SSSR count). The van der Waals surface area contributed by atoms with Gasteiger partial charge in [-0.15, -0.1) is 0 Å². The molecule has 3 aromatic heterocycles. The summed E-state index contributed by atoms with van der Waals surface area (Å²) >= 11 is 0. The van der Waals surface area contributed by atoms with E-state index in [0.29, 0.717) is 17.4 Å². The lowest BCUT2D eigenvalue weighted by Gasteiger charge is -2.31. The summed E-state index contributed by atoms with van der Waals surface area (Å²) in [6, 6.07) is 5.55. The van der Waals surface area contributed by atoms with Gasteiger partial charge in [-0.2, -0.15) is 5.10 Å². The average molecular weight is 367 g/mol. The number of carbonyl (C=O) groups is 1. The van der Waals surface area contributed by atoms with Crippen molar-refractivity contribution >= 4 is 5.91 Å². The van der Waals surface area contributed by atoms with Crippen molar-refractivity contribution in [3.63, 3.8) is 0 Å². The van der Waals surface area contributed by atoms with Crippen LogP contribution in [0.4, 0.5) is 0 Å². The number of furan rings is 1. The molecule has 0 saturated carbocycles. The van der Waals surface area contributed by atoms with Crippen LogP contribution in [0.25, 0.3) is 11.5 Å². The number of H-pyrrole nitrogens is 1. The van der Waals surface area contributed by atoms with Gasteiger partial charge in [0.2, 0.25) is 0 Å². The molecule has 0 unspecified atom stereocenters. The average Bonchev–Trinajstić information content (AvgIpc) is 3.41. The second kappa shape index (κ2) is 7.42. The molecule has 1 aliphatic rings. The van der Waals surface area contributed by atoms with Crippen LogP contribution in [-0.4, -0.2) is 43.6 Å². The molecular formula is C20H25N5O2. The standard InChI is InChI=1S/C20H25N5O2/c1-14-3-4-19(27-14)17-13-18(23-22-17)20(26)25-10-6-16(7-11-25)5-9-24-12-8-21-15(24)2/h3-4,8,12-13,16H,5-7,9-11H2,1-2H3,(H,22,23). The first-order valence-electron chi connectivity index (χ1n) is 9.49. The highest BCUT2D eigenvalue weighted by atomic mass is 16.3. The molecule has 1 amide bonds. The van der Waals surface area contributed by atoms with Crippen LogP contribution < -0.4 is 0 Å². The van der Waals surface area contributed by atoms with Gasteiger partial charge < -0.3 is 13.9 Å². The summed E-state index contributed by atoms with van der Waals surface area (Å²) in [5, 5.41) is 7.09. The van der Waals surface area contributed by atoms with E-state index in [1.807, 2.05) is 43.3 Å². The maximum absolute atomic E-state index is 12.7. The zero-order valence-electron chi connectivity index (χ0n) is 15.8. The van der Waals surface area contributed by atoms with E-state index < -0.39 is 0 Å². The van der Waals surface area contributed by atoms with E-state index in [-0.39, 0.29) is 5.91 Å². The van der Waals surface area contributed by atoms with Gasteiger partial charge >= 0.3 is 0 Å². The number of nitrogens with one attached hydrogen (secondary N) is 1. The maximum Gasteiger partial charge on any atom is 0.274 e. The van der Waals surface area contributed by atoms with Crippen LogP contribution in [0, 0.1) is 19.8 Å². The lowest BCUT2D eigenvalue weighted by Crippen LogP contribution is -2.38. The Morgan fingerprint density at radius 3 is 2.78 bits per heavy atom. The molecule has 142 valence electrons. The number of rotatable bonds is 5. The van der Waals surface area contributed by atoms with Gasteiger partial charge in [-0.3, -0.25) is 9.89 Å². The fourth-order valence-corrected chi connectivity index (χ4v) is 3.69. The number of carbonyl (C=O) groups excluding carboxylic acids is 1. The Balaban J connectivity index is 1.31. The fraction of sp³-hybridized carbons (Fsp3) is 0.450. The Hall–Kier alpha value is -2.83. The van der Waals surface area contributed by atoms with Gasteiger partial charge in [0.1, 0.15) is 17.3 Å². The molecule has 7 heteroatoms. The number of nitrogens with zero attached hydrogens (tertiary/aromatic N) is 4. The van der Waals surface area contributed by atoms with Crippen molar-refractivity contribution in [3.05, 3.63) is 47.9 Å². The Bertz CT molecular complexity index is 914. The molecule has 27 heavy (non-hydrogen) atoms. The quantitative estimate of drug-likeness (QED) is 0.749. The third kappa shape index (κ3) is 3.82. The fourth-order valence-electron chi connectivity index (χ4n) is 3.69. The predicted molar refractivity (Wildman–Crippen MR) is 101 cm³/mol. The first kappa shape index (κ1) is 17.6. The molecule has 0 bridgehead atoms. The second-order valence-electron chi connectivity index (χ2n) is 7.27. The van der Waals surface area contributed by atoms with Crippen LogP contribution >= 0.6 is 0 Å². The summed E-state index contributed by atoms with van der Waals surface area (Å²) in [4.78, 5) is 18.9. The van der Waals surface area contributed by atoms with Crippen LogP contribution in [0.15, 0.2) is 35.0 Å². The Morgan fingerprint density at radius 2 is 2.11 bits per heavy atom. The molecule has 3 aromatic rings. The monoisotopic (exact) mass is 367 g/mol. The van der Waals surface area contributed by atoms with Gasteiger partial charge in [0.05, 0.1) is 0 Å². The number of amides is 1. The first-order chi connectivity index (χ1) is 13.1. The van der Waals surface area contributed by atoms with Crippen molar-refractivity contribution in [3.8, 4) is 11.5 Å². The van der Waals surface area contributed by atoms with E-state index in [1.165, 1.54) is 0 Å². The van der Waals surface area contributed by atoms with Crippen LogP contribution in [0.1, 0.15) is 41.3 Å². The molecule has 1 N–H and O–H groups in total. The molecule has 0 aromatic carbocycles. The van der Waals surface area contributed by atoms with E-state index in [2.05, 4.69) is 19.7 Å². The molecule has 4 heterocycles. The predicted octanol–water partition coefficient (Wildman–Crippen LogP) is 3.43. The molecule has 0 atom stereocenters. The Labute approximate surface area is 158 Å². The minimum absolute atomic E-state index is 0.00955. The number of likely N-dealkylation sites (tertiary alicyclic amines) is 1. The van der Waals surface area contributed by atoms with Crippen LogP contribution in [0.2, 0.25) is 0 Å². The third-order valence-electron chi connectivity index (χ3n) is 5.41.